The highest BCUT2D eigenvalue weighted by atomic mass is 16.6. The van der Waals surface area contributed by atoms with E-state index in [1.807, 2.05) is 6.92 Å². The number of epoxide rings is 1. The van der Waals surface area contributed by atoms with E-state index < -0.39 is 41.3 Å². The van der Waals surface area contributed by atoms with E-state index in [4.69, 9.17) is 14.2 Å². The minimum atomic E-state index is -1.05. The predicted octanol–water partition coefficient (Wildman–Crippen LogP) is 1.91. The van der Waals surface area contributed by atoms with Gasteiger partial charge in [0.05, 0.1) is 23.2 Å². The second-order valence-corrected chi connectivity index (χ2v) is 8.56. The van der Waals surface area contributed by atoms with Crippen LogP contribution in [0.25, 0.3) is 0 Å². The monoisotopic (exact) mass is 362 g/mol. The van der Waals surface area contributed by atoms with Gasteiger partial charge in [0.2, 0.25) is 0 Å². The molecule has 4 aliphatic rings. The van der Waals surface area contributed by atoms with Crippen molar-refractivity contribution in [1.29, 1.82) is 0 Å². The smallest absolute Gasteiger partial charge is 0.334 e. The first kappa shape index (κ1) is 17.7. The van der Waals surface area contributed by atoms with Crippen LogP contribution in [-0.4, -0.2) is 46.6 Å². The van der Waals surface area contributed by atoms with Gasteiger partial charge in [-0.25, -0.2) is 9.59 Å². The Morgan fingerprint density at radius 1 is 1.42 bits per heavy atom. The van der Waals surface area contributed by atoms with Crippen molar-refractivity contribution in [2.45, 2.75) is 70.1 Å². The van der Waals surface area contributed by atoms with Gasteiger partial charge in [0.25, 0.3) is 0 Å². The van der Waals surface area contributed by atoms with Crippen molar-refractivity contribution in [2.24, 2.45) is 17.8 Å². The third-order valence-electron chi connectivity index (χ3n) is 6.98. The summed E-state index contributed by atoms with van der Waals surface area (Å²) >= 11 is 0. The molecule has 26 heavy (non-hydrogen) atoms. The molecule has 8 atom stereocenters. The van der Waals surface area contributed by atoms with Crippen molar-refractivity contribution in [3.8, 4) is 0 Å². The fourth-order valence-corrected chi connectivity index (χ4v) is 5.31. The fraction of sp³-hybridized carbons (Fsp3) is 0.700. The highest BCUT2D eigenvalue weighted by Crippen LogP contribution is 2.64. The molecule has 6 heteroatoms. The van der Waals surface area contributed by atoms with Crippen LogP contribution in [-0.2, 0) is 23.8 Å². The zero-order valence-corrected chi connectivity index (χ0v) is 15.7. The Bertz CT molecular complexity index is 722. The van der Waals surface area contributed by atoms with E-state index in [1.54, 1.807) is 26.8 Å². The highest BCUT2D eigenvalue weighted by molar-refractivity contribution is 5.91. The summed E-state index contributed by atoms with van der Waals surface area (Å²) in [4.78, 5) is 24.6. The molecule has 4 fully saturated rings. The lowest BCUT2D eigenvalue weighted by Gasteiger charge is -2.36. The molecule has 2 heterocycles. The predicted molar refractivity (Wildman–Crippen MR) is 91.9 cm³/mol. The number of aliphatic hydroxyl groups is 1. The van der Waals surface area contributed by atoms with Crippen molar-refractivity contribution < 1.29 is 28.9 Å². The molecular formula is C20H26O6. The van der Waals surface area contributed by atoms with Crippen LogP contribution in [0.3, 0.4) is 0 Å². The maximum Gasteiger partial charge on any atom is 0.334 e. The number of fused-ring (bicyclic) bond motifs is 5. The summed E-state index contributed by atoms with van der Waals surface area (Å²) in [6.07, 6.45) is 1.57. The minimum absolute atomic E-state index is 0.0797. The van der Waals surface area contributed by atoms with Gasteiger partial charge in [-0.1, -0.05) is 12.7 Å². The number of carbonyl (C=O) groups is 2. The Balaban J connectivity index is 1.73. The molecule has 8 unspecified atom stereocenters. The topological polar surface area (TPSA) is 85.4 Å². The maximum absolute atomic E-state index is 12.4. The molecule has 142 valence electrons. The van der Waals surface area contributed by atoms with Crippen LogP contribution in [0.2, 0.25) is 0 Å². The molecule has 2 saturated heterocycles. The molecule has 0 spiro atoms. The highest BCUT2D eigenvalue weighted by Gasteiger charge is 2.74. The van der Waals surface area contributed by atoms with Crippen LogP contribution in [0, 0.1) is 17.8 Å². The number of hydrogen-bond acceptors (Lipinski definition) is 6. The van der Waals surface area contributed by atoms with Gasteiger partial charge in [0, 0.05) is 23.5 Å². The van der Waals surface area contributed by atoms with Crippen LogP contribution >= 0.6 is 0 Å². The van der Waals surface area contributed by atoms with Crippen LogP contribution in [0.15, 0.2) is 23.8 Å². The first-order chi connectivity index (χ1) is 12.1. The van der Waals surface area contributed by atoms with Crippen molar-refractivity contribution in [1.82, 2.24) is 0 Å². The largest absolute Gasteiger partial charge is 0.458 e. The lowest BCUT2D eigenvalue weighted by atomic mass is 9.75. The van der Waals surface area contributed by atoms with Gasteiger partial charge in [0.15, 0.2) is 0 Å². The van der Waals surface area contributed by atoms with Crippen molar-refractivity contribution >= 4 is 11.9 Å². The second kappa shape index (κ2) is 5.42. The summed E-state index contributed by atoms with van der Waals surface area (Å²) in [5.74, 6) is -1.57. The van der Waals surface area contributed by atoms with Gasteiger partial charge in [0.1, 0.15) is 12.2 Å². The van der Waals surface area contributed by atoms with E-state index in [2.05, 4.69) is 6.58 Å². The van der Waals surface area contributed by atoms with E-state index >= 15 is 0 Å². The third-order valence-corrected chi connectivity index (χ3v) is 6.98. The molecule has 1 N–H and O–H groups in total. The van der Waals surface area contributed by atoms with Gasteiger partial charge in [-0.05, 0) is 40.0 Å². The number of carbonyl (C=O) groups excluding carboxylic acids is 2. The molecular weight excluding hydrogens is 336 g/mol. The number of ether oxygens (including phenoxy) is 3. The zero-order valence-electron chi connectivity index (χ0n) is 15.7. The summed E-state index contributed by atoms with van der Waals surface area (Å²) in [5.41, 5.74) is -0.647. The SMILES string of the molecule is C=C1C(=O)OC2C1C(OC(=O)C(C)=CC)CC(C)(O)C1CC3OC3(C)C21. The Morgan fingerprint density at radius 3 is 2.77 bits per heavy atom. The zero-order chi connectivity index (χ0) is 19.0. The van der Waals surface area contributed by atoms with Crippen molar-refractivity contribution in [3.63, 3.8) is 0 Å². The molecule has 0 aromatic carbocycles. The number of rotatable bonds is 2. The molecule has 4 rings (SSSR count). The van der Waals surface area contributed by atoms with E-state index in [0.717, 1.165) is 6.42 Å². The van der Waals surface area contributed by atoms with Crippen LogP contribution < -0.4 is 0 Å². The molecule has 2 saturated carbocycles. The van der Waals surface area contributed by atoms with Crippen LogP contribution in [0.5, 0.6) is 0 Å². The van der Waals surface area contributed by atoms with E-state index in [0.29, 0.717) is 11.1 Å². The summed E-state index contributed by atoms with van der Waals surface area (Å²) in [6.45, 7) is 11.1. The van der Waals surface area contributed by atoms with Crippen LogP contribution in [0.1, 0.15) is 40.5 Å². The lowest BCUT2D eigenvalue weighted by molar-refractivity contribution is -0.150. The molecule has 0 amide bonds. The van der Waals surface area contributed by atoms with Crippen molar-refractivity contribution in [2.75, 3.05) is 0 Å². The van der Waals surface area contributed by atoms with Gasteiger partial charge in [-0.3, -0.25) is 0 Å². The quantitative estimate of drug-likeness (QED) is 0.459. The molecule has 0 bridgehead atoms. The van der Waals surface area contributed by atoms with E-state index in [-0.39, 0.29) is 24.4 Å². The Labute approximate surface area is 153 Å². The molecule has 0 aromatic rings. The number of esters is 2. The molecule has 2 aliphatic heterocycles. The fourth-order valence-electron chi connectivity index (χ4n) is 5.31. The summed E-state index contributed by atoms with van der Waals surface area (Å²) in [7, 11) is 0. The Hall–Kier alpha value is -1.66. The number of allylic oxidation sites excluding steroid dienone is 1. The Kier molecular flexibility index (Phi) is 3.70. The summed E-state index contributed by atoms with van der Waals surface area (Å²) < 4.78 is 17.3. The average Bonchev–Trinajstić information content (AvgIpc) is 3.02. The van der Waals surface area contributed by atoms with E-state index in [9.17, 15) is 14.7 Å². The van der Waals surface area contributed by atoms with Gasteiger partial charge in [-0.15, -0.1) is 0 Å². The molecule has 2 aliphatic carbocycles. The number of hydrogen-bond donors (Lipinski definition) is 1. The third kappa shape index (κ3) is 2.31. The average molecular weight is 362 g/mol. The minimum Gasteiger partial charge on any atom is -0.458 e. The van der Waals surface area contributed by atoms with Gasteiger partial charge < -0.3 is 19.3 Å². The van der Waals surface area contributed by atoms with Gasteiger partial charge in [-0.2, -0.15) is 0 Å². The molecule has 0 radical (unpaired) electrons. The first-order valence-corrected chi connectivity index (χ1v) is 9.24. The van der Waals surface area contributed by atoms with Crippen LogP contribution in [0.4, 0.5) is 0 Å². The second-order valence-electron chi connectivity index (χ2n) is 8.56. The summed E-state index contributed by atoms with van der Waals surface area (Å²) in [6, 6.07) is 0. The first-order valence-electron chi connectivity index (χ1n) is 9.24. The Morgan fingerprint density at radius 2 is 2.12 bits per heavy atom. The standard InChI is InChI=1S/C20H26O6/c1-6-9(2)17(21)24-12-8-19(4,23)11-7-13-20(5,26-13)15(11)16-14(12)10(3)18(22)25-16/h6,11-16,23H,3,7-8H2,1-2,4-5H3. The van der Waals surface area contributed by atoms with E-state index in [1.165, 1.54) is 0 Å². The lowest BCUT2D eigenvalue weighted by Crippen LogP contribution is -2.44. The normalized spacial score (nSPS) is 49.7. The molecule has 0 aromatic heterocycles. The maximum atomic E-state index is 12.4. The summed E-state index contributed by atoms with van der Waals surface area (Å²) in [5, 5.41) is 11.2. The van der Waals surface area contributed by atoms with Gasteiger partial charge >= 0.3 is 11.9 Å². The van der Waals surface area contributed by atoms with Crippen molar-refractivity contribution in [3.05, 3.63) is 23.8 Å². The molecule has 6 nitrogen and oxygen atoms in total.